The Labute approximate surface area is 221 Å². The van der Waals surface area contributed by atoms with Gasteiger partial charge in [-0.15, -0.1) is 0 Å². The average Bonchev–Trinajstić information content (AvgIpc) is 3.12. The number of ether oxygens (including phenoxy) is 1. The number of carbonyl (C=O) groups excluding carboxylic acids is 2. The minimum Gasteiger partial charge on any atom is -0.507 e. The van der Waals surface area contributed by atoms with Gasteiger partial charge >= 0.3 is 0 Å². The van der Waals surface area contributed by atoms with Crippen LogP contribution in [0.25, 0.3) is 5.76 Å². The van der Waals surface area contributed by atoms with E-state index in [0.29, 0.717) is 36.9 Å². The van der Waals surface area contributed by atoms with Gasteiger partial charge in [-0.05, 0) is 47.7 Å². The third-order valence-corrected chi connectivity index (χ3v) is 6.87. The van der Waals surface area contributed by atoms with Gasteiger partial charge in [0.05, 0.1) is 18.2 Å². The van der Waals surface area contributed by atoms with E-state index >= 15 is 0 Å². The second-order valence-corrected chi connectivity index (χ2v) is 11.1. The predicted molar refractivity (Wildman–Crippen MR) is 149 cm³/mol. The van der Waals surface area contributed by atoms with E-state index in [9.17, 15) is 14.7 Å². The lowest BCUT2D eigenvalue weighted by atomic mass is 9.85. The van der Waals surface area contributed by atoms with Gasteiger partial charge in [0.2, 0.25) is 0 Å². The molecule has 0 aliphatic carbocycles. The molecule has 1 heterocycles. The Morgan fingerprint density at radius 3 is 2.27 bits per heavy atom. The first-order valence-corrected chi connectivity index (χ1v) is 13.3. The Morgan fingerprint density at radius 1 is 1.05 bits per heavy atom. The molecule has 37 heavy (non-hydrogen) atoms. The molecule has 2 aromatic carbocycles. The van der Waals surface area contributed by atoms with Crippen LogP contribution in [0, 0.1) is 5.92 Å². The normalized spacial score (nSPS) is 17.8. The Balaban J connectivity index is 2.08. The number of hydrogen-bond acceptors (Lipinski definition) is 5. The number of benzene rings is 2. The summed E-state index contributed by atoms with van der Waals surface area (Å²) >= 11 is 0. The molecule has 0 bridgehead atoms. The van der Waals surface area contributed by atoms with Gasteiger partial charge < -0.3 is 19.6 Å². The average molecular weight is 507 g/mol. The second kappa shape index (κ2) is 12.0. The number of likely N-dealkylation sites (N-methyl/N-ethyl adjacent to an activating group) is 1. The molecule has 1 amide bonds. The molecule has 1 atom stereocenters. The molecule has 6 heteroatoms. The minimum absolute atomic E-state index is 0.0283. The van der Waals surface area contributed by atoms with Crippen LogP contribution in [0.1, 0.15) is 71.2 Å². The zero-order valence-electron chi connectivity index (χ0n) is 23.4. The van der Waals surface area contributed by atoms with E-state index in [1.165, 1.54) is 0 Å². The molecule has 3 rings (SSSR count). The lowest BCUT2D eigenvalue weighted by Gasteiger charge is -2.28. The van der Waals surface area contributed by atoms with Gasteiger partial charge in [0.25, 0.3) is 11.7 Å². The summed E-state index contributed by atoms with van der Waals surface area (Å²) in [6.07, 6.45) is 0. The number of carbonyl (C=O) groups is 2. The zero-order chi connectivity index (χ0) is 27.3. The quantitative estimate of drug-likeness (QED) is 0.251. The van der Waals surface area contributed by atoms with Crippen LogP contribution in [0.4, 0.5) is 0 Å². The first kappa shape index (κ1) is 28.5. The highest BCUT2D eigenvalue weighted by Crippen LogP contribution is 2.40. The van der Waals surface area contributed by atoms with Gasteiger partial charge in [-0.25, -0.2) is 0 Å². The molecule has 2 aromatic rings. The third-order valence-electron chi connectivity index (χ3n) is 6.87. The van der Waals surface area contributed by atoms with E-state index in [1.807, 2.05) is 30.3 Å². The maximum absolute atomic E-state index is 13.4. The molecule has 1 aliphatic heterocycles. The molecule has 0 spiro atoms. The molecule has 1 saturated heterocycles. The highest BCUT2D eigenvalue weighted by Gasteiger charge is 2.46. The van der Waals surface area contributed by atoms with Crippen LogP contribution in [-0.2, 0) is 15.0 Å². The number of nitrogens with zero attached hydrogens (tertiary/aromatic N) is 2. The molecule has 0 radical (unpaired) electrons. The Bertz CT molecular complexity index is 1120. The molecule has 6 nitrogen and oxygen atoms in total. The summed E-state index contributed by atoms with van der Waals surface area (Å²) in [5.74, 6) is -0.450. The molecular formula is C31H42N2O4. The lowest BCUT2D eigenvalue weighted by molar-refractivity contribution is -0.140. The zero-order valence-corrected chi connectivity index (χ0v) is 23.4. The van der Waals surface area contributed by atoms with Crippen molar-refractivity contribution in [1.29, 1.82) is 0 Å². The fraction of sp³-hybridized carbons (Fsp3) is 0.484. The summed E-state index contributed by atoms with van der Waals surface area (Å²) in [4.78, 5) is 30.5. The summed E-state index contributed by atoms with van der Waals surface area (Å²) in [5.41, 5.74) is 2.51. The summed E-state index contributed by atoms with van der Waals surface area (Å²) in [7, 11) is 0. The second-order valence-electron chi connectivity index (χ2n) is 11.1. The van der Waals surface area contributed by atoms with Crippen molar-refractivity contribution < 1.29 is 19.4 Å². The van der Waals surface area contributed by atoms with Crippen LogP contribution in [-0.4, -0.2) is 59.4 Å². The highest BCUT2D eigenvalue weighted by molar-refractivity contribution is 6.46. The van der Waals surface area contributed by atoms with Crippen molar-refractivity contribution >= 4 is 17.4 Å². The number of aliphatic hydroxyl groups is 1. The van der Waals surface area contributed by atoms with Gasteiger partial charge in [0, 0.05) is 18.7 Å². The topological polar surface area (TPSA) is 70.1 Å². The number of amides is 1. The van der Waals surface area contributed by atoms with Gasteiger partial charge in [0.1, 0.15) is 11.5 Å². The molecule has 0 saturated carbocycles. The number of Topliss-reactive ketones (excluding diaryl/α,β-unsaturated/α-hetero) is 1. The third kappa shape index (κ3) is 6.61. The Kier molecular flexibility index (Phi) is 9.19. The molecule has 1 unspecified atom stereocenters. The Morgan fingerprint density at radius 2 is 1.70 bits per heavy atom. The van der Waals surface area contributed by atoms with Crippen LogP contribution in [0.15, 0.2) is 54.1 Å². The van der Waals surface area contributed by atoms with Crippen molar-refractivity contribution in [2.75, 3.05) is 32.8 Å². The maximum atomic E-state index is 13.4. The van der Waals surface area contributed by atoms with Crippen LogP contribution < -0.4 is 4.74 Å². The number of hydrogen-bond donors (Lipinski definition) is 1. The fourth-order valence-corrected chi connectivity index (χ4v) is 4.56. The number of likely N-dealkylation sites (tertiary alicyclic amines) is 1. The monoisotopic (exact) mass is 506 g/mol. The molecule has 200 valence electrons. The summed E-state index contributed by atoms with van der Waals surface area (Å²) in [6, 6.07) is 14.4. The van der Waals surface area contributed by atoms with E-state index in [0.717, 1.165) is 24.2 Å². The molecule has 0 aromatic heterocycles. The predicted octanol–water partition coefficient (Wildman–Crippen LogP) is 5.78. The summed E-state index contributed by atoms with van der Waals surface area (Å²) in [5, 5.41) is 11.4. The minimum atomic E-state index is -0.662. The smallest absolute Gasteiger partial charge is 0.295 e. The van der Waals surface area contributed by atoms with Crippen LogP contribution >= 0.6 is 0 Å². The van der Waals surface area contributed by atoms with Crippen molar-refractivity contribution in [2.24, 2.45) is 5.92 Å². The summed E-state index contributed by atoms with van der Waals surface area (Å²) in [6.45, 7) is 18.0. The van der Waals surface area contributed by atoms with E-state index in [4.69, 9.17) is 4.74 Å². The van der Waals surface area contributed by atoms with Crippen molar-refractivity contribution in [3.8, 4) is 5.75 Å². The van der Waals surface area contributed by atoms with Gasteiger partial charge in [-0.2, -0.15) is 0 Å². The maximum Gasteiger partial charge on any atom is 0.295 e. The first-order valence-electron chi connectivity index (χ1n) is 13.3. The van der Waals surface area contributed by atoms with E-state index < -0.39 is 17.7 Å². The summed E-state index contributed by atoms with van der Waals surface area (Å²) < 4.78 is 5.83. The van der Waals surface area contributed by atoms with E-state index in [-0.39, 0.29) is 16.7 Å². The van der Waals surface area contributed by atoms with E-state index in [2.05, 4.69) is 53.4 Å². The fourth-order valence-electron chi connectivity index (χ4n) is 4.56. The van der Waals surface area contributed by atoms with Gasteiger partial charge in [-0.1, -0.05) is 84.9 Å². The SMILES string of the molecule is CCN(CC)CCN1C(=O)C(=O)/C(=C(\O)c2cccc(OCC(C)C)c2)C1c1ccc(C(C)(C)C)cc1. The van der Waals surface area contributed by atoms with Gasteiger partial charge in [0.15, 0.2) is 0 Å². The molecule has 1 N–H and O–H groups in total. The van der Waals surface area contributed by atoms with Crippen molar-refractivity contribution in [1.82, 2.24) is 9.80 Å². The lowest BCUT2D eigenvalue weighted by Crippen LogP contribution is -2.38. The van der Waals surface area contributed by atoms with Crippen LogP contribution in [0.5, 0.6) is 5.75 Å². The van der Waals surface area contributed by atoms with Crippen molar-refractivity contribution in [3.05, 3.63) is 70.8 Å². The molecule has 1 fully saturated rings. The van der Waals surface area contributed by atoms with E-state index in [1.54, 1.807) is 23.1 Å². The Hall–Kier alpha value is -3.12. The van der Waals surface area contributed by atoms with Crippen molar-refractivity contribution in [2.45, 2.75) is 59.9 Å². The largest absolute Gasteiger partial charge is 0.507 e. The first-order chi connectivity index (χ1) is 17.5. The molecular weight excluding hydrogens is 464 g/mol. The number of aliphatic hydroxyl groups excluding tert-OH is 1. The highest BCUT2D eigenvalue weighted by atomic mass is 16.5. The number of ketones is 1. The van der Waals surface area contributed by atoms with Crippen molar-refractivity contribution in [3.63, 3.8) is 0 Å². The molecule has 1 aliphatic rings. The van der Waals surface area contributed by atoms with Crippen LogP contribution in [0.3, 0.4) is 0 Å². The van der Waals surface area contributed by atoms with Gasteiger partial charge in [-0.3, -0.25) is 9.59 Å². The van der Waals surface area contributed by atoms with Crippen LogP contribution in [0.2, 0.25) is 0 Å². The number of rotatable bonds is 10. The standard InChI is InChI=1S/C31H42N2O4/c1-8-32(9-2)17-18-33-27(22-13-15-24(16-14-22)31(5,6)7)26(29(35)30(33)36)28(34)23-11-10-12-25(19-23)37-20-21(3)4/h10-16,19,21,27,34H,8-9,17-18,20H2,1-7H3/b28-26-.